The summed E-state index contributed by atoms with van der Waals surface area (Å²) in [5.41, 5.74) is 3.01. The number of hydrogen-bond acceptors (Lipinski definition) is 5. The van der Waals surface area contributed by atoms with Gasteiger partial charge < -0.3 is 14.7 Å². The van der Waals surface area contributed by atoms with Crippen LogP contribution in [0, 0.1) is 5.92 Å². The van der Waals surface area contributed by atoms with Crippen LogP contribution in [0.3, 0.4) is 0 Å². The molecule has 5 rings (SSSR count). The number of carboxylic acid groups (broad SMARTS) is 1. The van der Waals surface area contributed by atoms with Gasteiger partial charge in [-0.3, -0.25) is 4.79 Å². The topological polar surface area (TPSA) is 62.7 Å². The van der Waals surface area contributed by atoms with Crippen LogP contribution >= 0.6 is 11.3 Å². The minimum atomic E-state index is -0.728. The molecule has 6 heteroatoms. The average molecular weight is 457 g/mol. The number of ether oxygens (including phenoxy) is 1. The van der Waals surface area contributed by atoms with Crippen LogP contribution in [0.2, 0.25) is 0 Å². The summed E-state index contributed by atoms with van der Waals surface area (Å²) >= 11 is 1.63. The summed E-state index contributed by atoms with van der Waals surface area (Å²) in [5.74, 6) is 0.487. The number of piperidine rings is 1. The van der Waals surface area contributed by atoms with Gasteiger partial charge in [0.05, 0.1) is 16.5 Å². The second-order valence-electron chi connectivity index (χ2n) is 8.10. The molecule has 0 unspecified atom stereocenters. The van der Waals surface area contributed by atoms with Crippen molar-refractivity contribution < 1.29 is 14.6 Å². The lowest BCUT2D eigenvalue weighted by Gasteiger charge is -2.30. The number of thiazole rings is 1. The number of para-hydroxylation sites is 1. The van der Waals surface area contributed by atoms with E-state index in [1.165, 1.54) is 0 Å². The van der Waals surface area contributed by atoms with Crippen LogP contribution in [-0.2, 0) is 4.79 Å². The zero-order valence-corrected chi connectivity index (χ0v) is 18.9. The molecule has 0 radical (unpaired) electrons. The summed E-state index contributed by atoms with van der Waals surface area (Å²) in [4.78, 5) is 19.8. The highest BCUT2D eigenvalue weighted by atomic mass is 32.1. The minimum absolute atomic E-state index is 0.347. The summed E-state index contributed by atoms with van der Waals surface area (Å²) in [5, 5.41) is 10.4. The van der Waals surface area contributed by atoms with Crippen LogP contribution < -0.4 is 9.64 Å². The molecule has 0 bridgehead atoms. The standard InChI is InChI=1S/C27H24N2O3S/c30-26(31)21-10-7-17-29(18-21)27-28-24(25(33-27)20-8-3-1-4-9-20)19-13-15-23(16-14-19)32-22-11-5-2-6-12-22/h1-6,8-9,11-16,21H,7,10,17-18H2,(H,30,31)/t21-/m0/s1. The van der Waals surface area contributed by atoms with E-state index >= 15 is 0 Å². The monoisotopic (exact) mass is 456 g/mol. The van der Waals surface area contributed by atoms with Crippen LogP contribution in [0.1, 0.15) is 12.8 Å². The molecule has 1 atom stereocenters. The third kappa shape index (κ3) is 4.76. The normalized spacial score (nSPS) is 15.9. The number of anilines is 1. The lowest BCUT2D eigenvalue weighted by atomic mass is 9.99. The van der Waals surface area contributed by atoms with Crippen molar-refractivity contribution in [1.82, 2.24) is 4.98 Å². The Morgan fingerprint density at radius 3 is 2.27 bits per heavy atom. The van der Waals surface area contributed by atoms with Crippen LogP contribution in [0.15, 0.2) is 84.9 Å². The first-order valence-corrected chi connectivity index (χ1v) is 11.9. The van der Waals surface area contributed by atoms with Crippen LogP contribution in [-0.4, -0.2) is 29.1 Å². The van der Waals surface area contributed by atoms with Gasteiger partial charge in [-0.25, -0.2) is 4.98 Å². The quantitative estimate of drug-likeness (QED) is 0.355. The smallest absolute Gasteiger partial charge is 0.308 e. The number of aromatic nitrogens is 1. The highest BCUT2D eigenvalue weighted by Crippen LogP contribution is 2.41. The molecule has 0 spiro atoms. The molecule has 2 heterocycles. The minimum Gasteiger partial charge on any atom is -0.481 e. The number of hydrogen-bond donors (Lipinski definition) is 1. The van der Waals surface area contributed by atoms with Gasteiger partial charge in [-0.2, -0.15) is 0 Å². The zero-order valence-electron chi connectivity index (χ0n) is 18.1. The maximum Gasteiger partial charge on any atom is 0.308 e. The molecule has 3 aromatic carbocycles. The molecule has 166 valence electrons. The van der Waals surface area contributed by atoms with Gasteiger partial charge in [0, 0.05) is 18.7 Å². The second kappa shape index (κ2) is 9.46. The van der Waals surface area contributed by atoms with Gasteiger partial charge in [0.25, 0.3) is 0 Å². The largest absolute Gasteiger partial charge is 0.481 e. The molecule has 33 heavy (non-hydrogen) atoms. The molecule has 1 saturated heterocycles. The number of rotatable bonds is 6. The zero-order chi connectivity index (χ0) is 22.6. The van der Waals surface area contributed by atoms with Crippen molar-refractivity contribution in [2.75, 3.05) is 18.0 Å². The van der Waals surface area contributed by atoms with E-state index < -0.39 is 5.97 Å². The average Bonchev–Trinajstić information content (AvgIpc) is 3.31. The molecule has 0 aliphatic carbocycles. The van der Waals surface area contributed by atoms with Crippen LogP contribution in [0.4, 0.5) is 5.13 Å². The van der Waals surface area contributed by atoms with Gasteiger partial charge in [0.1, 0.15) is 11.5 Å². The Morgan fingerprint density at radius 1 is 0.909 bits per heavy atom. The number of carbonyl (C=O) groups is 1. The van der Waals surface area contributed by atoms with Crippen molar-refractivity contribution in [2.24, 2.45) is 5.92 Å². The fraction of sp³-hybridized carbons (Fsp3) is 0.185. The second-order valence-corrected chi connectivity index (χ2v) is 9.08. The summed E-state index contributed by atoms with van der Waals surface area (Å²) in [7, 11) is 0. The van der Waals surface area contributed by atoms with Gasteiger partial charge in [-0.15, -0.1) is 0 Å². The Morgan fingerprint density at radius 2 is 1.58 bits per heavy atom. The van der Waals surface area contributed by atoms with Gasteiger partial charge in [0.15, 0.2) is 5.13 Å². The van der Waals surface area contributed by atoms with Crippen LogP contribution in [0.25, 0.3) is 21.7 Å². The lowest BCUT2D eigenvalue weighted by Crippen LogP contribution is -2.38. The van der Waals surface area contributed by atoms with Gasteiger partial charge in [-0.05, 0) is 54.8 Å². The Labute approximate surface area is 196 Å². The lowest BCUT2D eigenvalue weighted by molar-refractivity contribution is -0.141. The summed E-state index contributed by atoms with van der Waals surface area (Å²) in [6.07, 6.45) is 1.58. The highest BCUT2D eigenvalue weighted by Gasteiger charge is 2.28. The summed E-state index contributed by atoms with van der Waals surface area (Å²) < 4.78 is 5.94. The van der Waals surface area contributed by atoms with Crippen molar-refractivity contribution >= 4 is 22.4 Å². The highest BCUT2D eigenvalue weighted by molar-refractivity contribution is 7.19. The van der Waals surface area contributed by atoms with E-state index in [1.807, 2.05) is 72.8 Å². The van der Waals surface area contributed by atoms with E-state index in [-0.39, 0.29) is 5.92 Å². The van der Waals surface area contributed by atoms with E-state index in [1.54, 1.807) is 11.3 Å². The molecule has 0 saturated carbocycles. The Balaban J connectivity index is 1.47. The van der Waals surface area contributed by atoms with Crippen molar-refractivity contribution in [3.8, 4) is 33.2 Å². The first-order chi connectivity index (χ1) is 16.2. The molecular weight excluding hydrogens is 432 g/mol. The Bertz CT molecular complexity index is 1220. The summed E-state index contributed by atoms with van der Waals surface area (Å²) in [6, 6.07) is 27.9. The fourth-order valence-electron chi connectivity index (χ4n) is 4.08. The molecule has 1 fully saturated rings. The van der Waals surface area contributed by atoms with Crippen molar-refractivity contribution in [1.29, 1.82) is 0 Å². The van der Waals surface area contributed by atoms with Gasteiger partial charge in [-0.1, -0.05) is 59.9 Å². The first kappa shape index (κ1) is 21.2. The molecule has 1 aromatic heterocycles. The molecular formula is C27H24N2O3S. The molecule has 1 aliphatic rings. The summed E-state index contributed by atoms with van der Waals surface area (Å²) in [6.45, 7) is 1.33. The maximum absolute atomic E-state index is 11.6. The number of aliphatic carboxylic acids is 1. The molecule has 1 N–H and O–H groups in total. The Kier molecular flexibility index (Phi) is 6.09. The fourth-order valence-corrected chi connectivity index (χ4v) is 5.21. The third-order valence-electron chi connectivity index (χ3n) is 5.80. The third-order valence-corrected chi connectivity index (χ3v) is 6.96. The van der Waals surface area contributed by atoms with E-state index in [2.05, 4.69) is 17.0 Å². The maximum atomic E-state index is 11.6. The SMILES string of the molecule is O=C(O)[C@H]1CCCN(c2nc(-c3ccc(Oc4ccccc4)cc3)c(-c3ccccc3)s2)C1. The number of nitrogens with zero attached hydrogens (tertiary/aromatic N) is 2. The van der Waals surface area contributed by atoms with E-state index in [0.717, 1.165) is 57.7 Å². The van der Waals surface area contributed by atoms with E-state index in [4.69, 9.17) is 9.72 Å². The molecule has 5 nitrogen and oxygen atoms in total. The van der Waals surface area contributed by atoms with Crippen molar-refractivity contribution in [3.63, 3.8) is 0 Å². The number of carboxylic acids is 1. The van der Waals surface area contributed by atoms with Crippen molar-refractivity contribution in [3.05, 3.63) is 84.9 Å². The molecule has 1 aliphatic heterocycles. The Hall–Kier alpha value is -3.64. The predicted molar refractivity (Wildman–Crippen MR) is 132 cm³/mol. The van der Waals surface area contributed by atoms with Gasteiger partial charge >= 0.3 is 5.97 Å². The predicted octanol–water partition coefficient (Wildman–Crippen LogP) is 6.57. The van der Waals surface area contributed by atoms with Crippen LogP contribution in [0.5, 0.6) is 11.5 Å². The molecule has 4 aromatic rings. The van der Waals surface area contributed by atoms with E-state index in [9.17, 15) is 9.90 Å². The number of benzene rings is 3. The first-order valence-electron chi connectivity index (χ1n) is 11.0. The van der Waals surface area contributed by atoms with E-state index in [0.29, 0.717) is 6.54 Å². The van der Waals surface area contributed by atoms with Crippen molar-refractivity contribution in [2.45, 2.75) is 12.8 Å². The molecule has 0 amide bonds. The van der Waals surface area contributed by atoms with Gasteiger partial charge in [0.2, 0.25) is 0 Å².